The molecule has 0 aliphatic carbocycles. The van der Waals surface area contributed by atoms with E-state index in [0.29, 0.717) is 6.54 Å². The normalized spacial score (nSPS) is 33.4. The molecule has 3 aliphatic rings. The van der Waals surface area contributed by atoms with Crippen molar-refractivity contribution < 1.29 is 19.1 Å². The highest BCUT2D eigenvalue weighted by Crippen LogP contribution is 2.53. The standard InChI is InChI=1S/C19H21NO4/c1-11(2)23-18(22)15-14-8-9-19(24-14)10-20(17(21)16(15)19)13-7-5-4-6-12(13)3/h4-9,11,14-16H,10H2,1-3H3/t14-,15+,16+,19-/m0/s1. The minimum absolute atomic E-state index is 0.0538. The Morgan fingerprint density at radius 3 is 2.83 bits per heavy atom. The van der Waals surface area contributed by atoms with Gasteiger partial charge in [0.1, 0.15) is 11.5 Å². The monoisotopic (exact) mass is 327 g/mol. The van der Waals surface area contributed by atoms with Crippen molar-refractivity contribution in [3.63, 3.8) is 0 Å². The molecule has 0 radical (unpaired) electrons. The van der Waals surface area contributed by atoms with Gasteiger partial charge in [-0.1, -0.05) is 30.4 Å². The second-order valence-electron chi connectivity index (χ2n) is 7.10. The van der Waals surface area contributed by atoms with E-state index in [4.69, 9.17) is 9.47 Å². The van der Waals surface area contributed by atoms with Crippen LogP contribution in [-0.2, 0) is 19.1 Å². The number of ether oxygens (including phenoxy) is 2. The zero-order valence-electron chi connectivity index (χ0n) is 14.1. The number of aryl methyl sites for hydroxylation is 1. The molecule has 1 spiro atoms. The molecule has 3 heterocycles. The molecule has 0 saturated carbocycles. The Labute approximate surface area is 141 Å². The maximum absolute atomic E-state index is 13.1. The number of para-hydroxylation sites is 1. The number of hydrogen-bond donors (Lipinski definition) is 0. The number of rotatable bonds is 3. The molecule has 0 unspecified atom stereocenters. The minimum Gasteiger partial charge on any atom is -0.463 e. The molecule has 1 aromatic carbocycles. The van der Waals surface area contributed by atoms with Crippen molar-refractivity contribution in [1.29, 1.82) is 0 Å². The lowest BCUT2D eigenvalue weighted by Crippen LogP contribution is -2.40. The number of esters is 1. The molecule has 2 fully saturated rings. The van der Waals surface area contributed by atoms with Gasteiger partial charge in [-0.05, 0) is 32.4 Å². The van der Waals surface area contributed by atoms with E-state index in [1.165, 1.54) is 0 Å². The summed E-state index contributed by atoms with van der Waals surface area (Å²) in [6, 6.07) is 7.78. The second kappa shape index (κ2) is 5.18. The Bertz CT molecular complexity index is 741. The number of fused-ring (bicyclic) bond motifs is 1. The predicted octanol–water partition coefficient (Wildman–Crippen LogP) is 2.23. The van der Waals surface area contributed by atoms with Crippen molar-refractivity contribution in [2.24, 2.45) is 11.8 Å². The molecule has 0 aromatic heterocycles. The lowest BCUT2D eigenvalue weighted by Gasteiger charge is -2.23. The summed E-state index contributed by atoms with van der Waals surface area (Å²) in [5, 5.41) is 0. The average molecular weight is 327 g/mol. The van der Waals surface area contributed by atoms with Gasteiger partial charge in [0.05, 0.1) is 24.7 Å². The highest BCUT2D eigenvalue weighted by molar-refractivity contribution is 6.03. The van der Waals surface area contributed by atoms with E-state index in [9.17, 15) is 9.59 Å². The fourth-order valence-corrected chi connectivity index (χ4v) is 4.15. The van der Waals surface area contributed by atoms with Crippen LogP contribution in [0.4, 0.5) is 5.69 Å². The molecule has 126 valence electrons. The third kappa shape index (κ3) is 2.04. The van der Waals surface area contributed by atoms with Gasteiger partial charge in [0, 0.05) is 5.69 Å². The highest BCUT2D eigenvalue weighted by Gasteiger charge is 2.67. The maximum atomic E-state index is 13.1. The van der Waals surface area contributed by atoms with Crippen LogP contribution in [0, 0.1) is 18.8 Å². The van der Waals surface area contributed by atoms with Gasteiger partial charge in [0.25, 0.3) is 0 Å². The molecule has 4 atom stereocenters. The molecule has 0 N–H and O–H groups in total. The molecule has 24 heavy (non-hydrogen) atoms. The van der Waals surface area contributed by atoms with E-state index in [1.807, 2.05) is 57.2 Å². The molecular weight excluding hydrogens is 306 g/mol. The van der Waals surface area contributed by atoms with E-state index in [-0.39, 0.29) is 24.1 Å². The third-order valence-electron chi connectivity index (χ3n) is 5.13. The lowest BCUT2D eigenvalue weighted by molar-refractivity contribution is -0.156. The van der Waals surface area contributed by atoms with Crippen LogP contribution in [0.5, 0.6) is 0 Å². The van der Waals surface area contributed by atoms with Crippen LogP contribution in [-0.4, -0.2) is 36.2 Å². The first-order valence-electron chi connectivity index (χ1n) is 8.37. The SMILES string of the molecule is Cc1ccccc1N1C[C@]23C=C[C@H](O2)[C@@H](C(=O)OC(C)C)[C@@H]3C1=O. The predicted molar refractivity (Wildman–Crippen MR) is 88.5 cm³/mol. The summed E-state index contributed by atoms with van der Waals surface area (Å²) in [6.45, 7) is 6.05. The summed E-state index contributed by atoms with van der Waals surface area (Å²) in [5.74, 6) is -1.45. The van der Waals surface area contributed by atoms with Crippen LogP contribution in [0.25, 0.3) is 0 Å². The number of hydrogen-bond acceptors (Lipinski definition) is 4. The van der Waals surface area contributed by atoms with Crippen LogP contribution >= 0.6 is 0 Å². The second-order valence-corrected chi connectivity index (χ2v) is 7.10. The van der Waals surface area contributed by atoms with Crippen LogP contribution in [0.1, 0.15) is 19.4 Å². The van der Waals surface area contributed by atoms with E-state index in [1.54, 1.807) is 4.90 Å². The minimum atomic E-state index is -0.704. The van der Waals surface area contributed by atoms with Crippen LogP contribution < -0.4 is 4.90 Å². The number of amides is 1. The summed E-state index contributed by atoms with van der Waals surface area (Å²) in [5.41, 5.74) is 1.20. The molecule has 5 heteroatoms. The Morgan fingerprint density at radius 2 is 2.12 bits per heavy atom. The third-order valence-corrected chi connectivity index (χ3v) is 5.13. The van der Waals surface area contributed by atoms with Crippen LogP contribution in [0.15, 0.2) is 36.4 Å². The Hall–Kier alpha value is -2.14. The fraction of sp³-hybridized carbons (Fsp3) is 0.474. The van der Waals surface area contributed by atoms with E-state index in [2.05, 4.69) is 0 Å². The molecule has 4 rings (SSSR count). The van der Waals surface area contributed by atoms with Gasteiger partial charge >= 0.3 is 5.97 Å². The fourth-order valence-electron chi connectivity index (χ4n) is 4.15. The molecule has 3 aliphatic heterocycles. The number of carbonyl (C=O) groups is 2. The highest BCUT2D eigenvalue weighted by atomic mass is 16.6. The van der Waals surface area contributed by atoms with E-state index >= 15 is 0 Å². The zero-order chi connectivity index (χ0) is 17.1. The van der Waals surface area contributed by atoms with Gasteiger partial charge in [0.2, 0.25) is 5.91 Å². The smallest absolute Gasteiger partial charge is 0.313 e. The average Bonchev–Trinajstić information content (AvgIpc) is 3.15. The molecule has 2 bridgehead atoms. The number of carbonyl (C=O) groups excluding carboxylic acids is 2. The van der Waals surface area contributed by atoms with Gasteiger partial charge in [-0.2, -0.15) is 0 Å². The molecule has 1 amide bonds. The van der Waals surface area contributed by atoms with Crippen molar-refractivity contribution in [3.05, 3.63) is 42.0 Å². The molecule has 1 aromatic rings. The van der Waals surface area contributed by atoms with Crippen molar-refractivity contribution in [3.8, 4) is 0 Å². The molecule has 2 saturated heterocycles. The Kier molecular flexibility index (Phi) is 3.32. The van der Waals surface area contributed by atoms with Crippen molar-refractivity contribution in [2.75, 3.05) is 11.4 Å². The zero-order valence-corrected chi connectivity index (χ0v) is 14.1. The molecular formula is C19H21NO4. The topological polar surface area (TPSA) is 55.8 Å². The van der Waals surface area contributed by atoms with Crippen molar-refractivity contribution in [2.45, 2.75) is 38.6 Å². The lowest BCUT2D eigenvalue weighted by atomic mass is 9.77. The van der Waals surface area contributed by atoms with Crippen LogP contribution in [0.2, 0.25) is 0 Å². The summed E-state index contributed by atoms with van der Waals surface area (Å²) < 4.78 is 11.5. The van der Waals surface area contributed by atoms with Crippen molar-refractivity contribution >= 4 is 17.6 Å². The number of anilines is 1. The summed E-state index contributed by atoms with van der Waals surface area (Å²) in [4.78, 5) is 27.4. The maximum Gasteiger partial charge on any atom is 0.313 e. The Balaban J connectivity index is 1.69. The van der Waals surface area contributed by atoms with E-state index in [0.717, 1.165) is 11.3 Å². The molecule has 5 nitrogen and oxygen atoms in total. The summed E-state index contributed by atoms with van der Waals surface area (Å²) in [7, 11) is 0. The first-order chi connectivity index (χ1) is 11.4. The summed E-state index contributed by atoms with van der Waals surface area (Å²) in [6.07, 6.45) is 3.29. The summed E-state index contributed by atoms with van der Waals surface area (Å²) >= 11 is 0. The van der Waals surface area contributed by atoms with Gasteiger partial charge in [0.15, 0.2) is 0 Å². The van der Waals surface area contributed by atoms with Crippen LogP contribution in [0.3, 0.4) is 0 Å². The van der Waals surface area contributed by atoms with Gasteiger partial charge < -0.3 is 14.4 Å². The first kappa shape index (κ1) is 15.4. The quantitative estimate of drug-likeness (QED) is 0.631. The van der Waals surface area contributed by atoms with E-state index < -0.39 is 17.4 Å². The van der Waals surface area contributed by atoms with Gasteiger partial charge in [-0.25, -0.2) is 0 Å². The number of benzene rings is 1. The van der Waals surface area contributed by atoms with Gasteiger partial charge in [-0.3, -0.25) is 9.59 Å². The van der Waals surface area contributed by atoms with Gasteiger partial charge in [-0.15, -0.1) is 0 Å². The Morgan fingerprint density at radius 1 is 1.38 bits per heavy atom. The van der Waals surface area contributed by atoms with Crippen molar-refractivity contribution in [1.82, 2.24) is 0 Å². The largest absolute Gasteiger partial charge is 0.463 e. The number of nitrogens with zero attached hydrogens (tertiary/aromatic N) is 1. The first-order valence-corrected chi connectivity index (χ1v) is 8.37.